The largest absolute Gasteiger partial charge is 0.333 e. The van der Waals surface area contributed by atoms with Crippen molar-refractivity contribution in [3.63, 3.8) is 0 Å². The monoisotopic (exact) mass is 230 g/mol. The van der Waals surface area contributed by atoms with Gasteiger partial charge >= 0.3 is 11.8 Å². The van der Waals surface area contributed by atoms with Gasteiger partial charge in [-0.3, -0.25) is 9.59 Å². The zero-order valence-electron chi connectivity index (χ0n) is 9.11. The molecule has 0 saturated carbocycles. The molecule has 0 radical (unpaired) electrons. The highest BCUT2D eigenvalue weighted by Crippen LogP contribution is 2.06. The average Bonchev–Trinajstić information content (AvgIpc) is 2.25. The molecule has 0 bridgehead atoms. The molecule has 5 heteroatoms. The lowest BCUT2D eigenvalue weighted by Gasteiger charge is -2.33. The van der Waals surface area contributed by atoms with Crippen LogP contribution in [-0.4, -0.2) is 53.5 Å². The topological polar surface area (TPSA) is 40.6 Å². The van der Waals surface area contributed by atoms with Gasteiger partial charge in [-0.1, -0.05) is 0 Å². The van der Waals surface area contributed by atoms with Crippen molar-refractivity contribution in [3.8, 4) is 0 Å². The summed E-state index contributed by atoms with van der Waals surface area (Å²) in [6.45, 7) is 4.53. The summed E-state index contributed by atoms with van der Waals surface area (Å²) in [5, 5.41) is 0. The van der Waals surface area contributed by atoms with Crippen molar-refractivity contribution in [2.75, 3.05) is 31.9 Å². The highest BCUT2D eigenvalue weighted by Gasteiger charge is 2.30. The van der Waals surface area contributed by atoms with Gasteiger partial charge in [0.1, 0.15) is 0 Å². The number of amides is 2. The fraction of sp³-hybridized carbons (Fsp3) is 0.800. The number of thiol groups is 1. The molecule has 0 N–H and O–H groups in total. The fourth-order valence-corrected chi connectivity index (χ4v) is 1.87. The van der Waals surface area contributed by atoms with Crippen molar-refractivity contribution in [2.24, 2.45) is 0 Å². The molecule has 1 saturated heterocycles. The van der Waals surface area contributed by atoms with Gasteiger partial charge in [-0.15, -0.1) is 0 Å². The van der Waals surface area contributed by atoms with E-state index in [9.17, 15) is 9.59 Å². The zero-order valence-corrected chi connectivity index (χ0v) is 10.0. The molecule has 86 valence electrons. The van der Waals surface area contributed by atoms with E-state index in [0.29, 0.717) is 26.2 Å². The van der Waals surface area contributed by atoms with E-state index in [0.717, 1.165) is 18.6 Å². The molecule has 1 aliphatic heterocycles. The number of hydrogen-bond acceptors (Lipinski definition) is 3. The fourth-order valence-electron chi connectivity index (χ4n) is 1.64. The minimum absolute atomic E-state index is 0.345. The van der Waals surface area contributed by atoms with E-state index in [1.165, 1.54) is 0 Å². The maximum Gasteiger partial charge on any atom is 0.312 e. The van der Waals surface area contributed by atoms with Crippen molar-refractivity contribution in [1.29, 1.82) is 0 Å². The Morgan fingerprint density at radius 3 is 2.33 bits per heavy atom. The summed E-state index contributed by atoms with van der Waals surface area (Å²) in [7, 11) is 0. The molecule has 1 fully saturated rings. The van der Waals surface area contributed by atoms with Crippen LogP contribution in [0.25, 0.3) is 0 Å². The van der Waals surface area contributed by atoms with Crippen LogP contribution in [-0.2, 0) is 9.59 Å². The molecule has 0 aromatic heterocycles. The van der Waals surface area contributed by atoms with Gasteiger partial charge in [0, 0.05) is 26.2 Å². The smallest absolute Gasteiger partial charge is 0.312 e. The van der Waals surface area contributed by atoms with Crippen molar-refractivity contribution in [1.82, 2.24) is 9.80 Å². The van der Waals surface area contributed by atoms with Crippen molar-refractivity contribution >= 4 is 24.4 Å². The third kappa shape index (κ3) is 3.12. The first-order valence-electron chi connectivity index (χ1n) is 5.39. The molecule has 0 spiro atoms. The van der Waals surface area contributed by atoms with E-state index in [1.54, 1.807) is 9.80 Å². The van der Waals surface area contributed by atoms with Crippen LogP contribution >= 0.6 is 12.6 Å². The Kier molecular flexibility index (Phi) is 4.94. The molecule has 2 amide bonds. The molecular weight excluding hydrogens is 212 g/mol. The first kappa shape index (κ1) is 12.4. The minimum atomic E-state index is -0.352. The summed E-state index contributed by atoms with van der Waals surface area (Å²) >= 11 is 4.11. The zero-order chi connectivity index (χ0) is 11.3. The molecule has 1 aliphatic rings. The van der Waals surface area contributed by atoms with Crippen molar-refractivity contribution < 1.29 is 9.59 Å². The van der Waals surface area contributed by atoms with E-state index >= 15 is 0 Å². The Morgan fingerprint density at radius 2 is 1.73 bits per heavy atom. The van der Waals surface area contributed by atoms with Gasteiger partial charge < -0.3 is 9.80 Å². The molecular formula is C10H18N2O2S. The third-order valence-electron chi connectivity index (χ3n) is 2.62. The molecule has 0 aromatic carbocycles. The number of unbranched alkanes of at least 4 members (excludes halogenated alkanes) is 1. The van der Waals surface area contributed by atoms with Crippen LogP contribution in [0.1, 0.15) is 19.8 Å². The normalized spacial score (nSPS) is 17.5. The van der Waals surface area contributed by atoms with E-state index in [-0.39, 0.29) is 11.8 Å². The Labute approximate surface area is 96.0 Å². The summed E-state index contributed by atoms with van der Waals surface area (Å²) in [5.74, 6) is 0.133. The van der Waals surface area contributed by atoms with E-state index in [4.69, 9.17) is 0 Å². The molecule has 0 atom stereocenters. The highest BCUT2D eigenvalue weighted by molar-refractivity contribution is 7.80. The third-order valence-corrected chi connectivity index (χ3v) is 2.93. The quantitative estimate of drug-likeness (QED) is 0.421. The lowest BCUT2D eigenvalue weighted by Crippen LogP contribution is -2.54. The van der Waals surface area contributed by atoms with Crippen LogP contribution in [0.5, 0.6) is 0 Å². The summed E-state index contributed by atoms with van der Waals surface area (Å²) in [5.41, 5.74) is 0. The molecule has 0 aliphatic carbocycles. The van der Waals surface area contributed by atoms with Crippen LogP contribution in [0.4, 0.5) is 0 Å². The van der Waals surface area contributed by atoms with Crippen LogP contribution in [0.3, 0.4) is 0 Å². The van der Waals surface area contributed by atoms with E-state index < -0.39 is 0 Å². The Bertz CT molecular complexity index is 244. The summed E-state index contributed by atoms with van der Waals surface area (Å²) in [6.07, 6.45) is 1.91. The highest BCUT2D eigenvalue weighted by atomic mass is 32.1. The predicted octanol–water partition coefficient (Wildman–Crippen LogP) is 0.387. The minimum Gasteiger partial charge on any atom is -0.333 e. The van der Waals surface area contributed by atoms with Gasteiger partial charge in [-0.2, -0.15) is 12.6 Å². The SMILES string of the molecule is CCN1CCN(CCCCS)C(=O)C1=O. The maximum absolute atomic E-state index is 11.6. The number of hydrogen-bond donors (Lipinski definition) is 1. The summed E-state index contributed by atoms with van der Waals surface area (Å²) in [6, 6.07) is 0. The van der Waals surface area contributed by atoms with Gasteiger partial charge in [-0.05, 0) is 25.5 Å². The van der Waals surface area contributed by atoms with Gasteiger partial charge in [0.2, 0.25) is 0 Å². The molecule has 15 heavy (non-hydrogen) atoms. The van der Waals surface area contributed by atoms with Crippen LogP contribution < -0.4 is 0 Å². The average molecular weight is 230 g/mol. The van der Waals surface area contributed by atoms with Crippen molar-refractivity contribution in [3.05, 3.63) is 0 Å². The van der Waals surface area contributed by atoms with E-state index in [1.807, 2.05) is 6.92 Å². The molecule has 1 heterocycles. The first-order chi connectivity index (χ1) is 7.20. The Morgan fingerprint density at radius 1 is 1.13 bits per heavy atom. The number of piperazine rings is 1. The number of likely N-dealkylation sites (N-methyl/N-ethyl adjacent to an activating group) is 1. The second-order valence-corrected chi connectivity index (χ2v) is 4.05. The van der Waals surface area contributed by atoms with E-state index in [2.05, 4.69) is 12.6 Å². The molecule has 1 rings (SSSR count). The van der Waals surface area contributed by atoms with Gasteiger partial charge in [0.15, 0.2) is 0 Å². The molecule has 0 unspecified atom stereocenters. The number of rotatable bonds is 5. The van der Waals surface area contributed by atoms with Crippen LogP contribution in [0, 0.1) is 0 Å². The van der Waals surface area contributed by atoms with Gasteiger partial charge in [0.05, 0.1) is 0 Å². The molecule has 4 nitrogen and oxygen atoms in total. The second-order valence-electron chi connectivity index (χ2n) is 3.61. The Hall–Kier alpha value is -0.710. The standard InChI is InChI=1S/C10H18N2O2S/c1-2-11-6-7-12(5-3-4-8-15)10(14)9(11)13/h15H,2-8H2,1H3. The maximum atomic E-state index is 11.6. The predicted molar refractivity (Wildman–Crippen MR) is 61.9 cm³/mol. The lowest BCUT2D eigenvalue weighted by atomic mass is 10.2. The van der Waals surface area contributed by atoms with Gasteiger partial charge in [0.25, 0.3) is 0 Å². The lowest BCUT2D eigenvalue weighted by molar-refractivity contribution is -0.155. The number of carbonyl (C=O) groups excluding carboxylic acids is 2. The van der Waals surface area contributed by atoms with Crippen LogP contribution in [0.15, 0.2) is 0 Å². The molecule has 0 aromatic rings. The number of nitrogens with zero attached hydrogens (tertiary/aromatic N) is 2. The van der Waals surface area contributed by atoms with Crippen LogP contribution in [0.2, 0.25) is 0 Å². The number of carbonyl (C=O) groups is 2. The Balaban J connectivity index is 2.42. The summed E-state index contributed by atoms with van der Waals surface area (Å²) in [4.78, 5) is 26.4. The summed E-state index contributed by atoms with van der Waals surface area (Å²) < 4.78 is 0. The van der Waals surface area contributed by atoms with Gasteiger partial charge in [-0.25, -0.2) is 0 Å². The first-order valence-corrected chi connectivity index (χ1v) is 6.03. The van der Waals surface area contributed by atoms with Crippen molar-refractivity contribution in [2.45, 2.75) is 19.8 Å². The second kappa shape index (κ2) is 6.00.